The van der Waals surface area contributed by atoms with Gasteiger partial charge in [0.05, 0.1) is 16.6 Å². The van der Waals surface area contributed by atoms with Gasteiger partial charge >= 0.3 is 5.97 Å². The van der Waals surface area contributed by atoms with Gasteiger partial charge in [0.25, 0.3) is 0 Å². The van der Waals surface area contributed by atoms with Crippen LogP contribution in [0.5, 0.6) is 0 Å². The van der Waals surface area contributed by atoms with Gasteiger partial charge in [-0.1, -0.05) is 0 Å². The summed E-state index contributed by atoms with van der Waals surface area (Å²) in [6.07, 6.45) is 2.06. The molecule has 0 aromatic heterocycles. The predicted octanol–water partition coefficient (Wildman–Crippen LogP) is 2.14. The summed E-state index contributed by atoms with van der Waals surface area (Å²) in [7, 11) is 0. The molecule has 0 bridgehead atoms. The van der Waals surface area contributed by atoms with Gasteiger partial charge < -0.3 is 4.74 Å². The number of thioether (sulfide) groups is 2. The van der Waals surface area contributed by atoms with Crippen LogP contribution in [0.1, 0.15) is 19.8 Å². The number of esters is 1. The normalized spacial score (nSPS) is 25.9. The molecule has 4 heteroatoms. The Morgan fingerprint density at radius 2 is 2.08 bits per heavy atom. The van der Waals surface area contributed by atoms with Crippen molar-refractivity contribution in [1.29, 1.82) is 0 Å². The maximum absolute atomic E-state index is 11.3. The molecule has 13 heavy (non-hydrogen) atoms. The van der Waals surface area contributed by atoms with E-state index in [4.69, 9.17) is 4.74 Å². The maximum atomic E-state index is 11.3. The molecule has 2 fully saturated rings. The van der Waals surface area contributed by atoms with Crippen LogP contribution in [0.15, 0.2) is 0 Å². The van der Waals surface area contributed by atoms with E-state index in [1.165, 1.54) is 11.5 Å². The molecule has 1 heterocycles. The fraction of sp³-hybridized carbons (Fsp3) is 0.889. The van der Waals surface area contributed by atoms with Gasteiger partial charge in [0.1, 0.15) is 0 Å². The van der Waals surface area contributed by atoms with Crippen molar-refractivity contribution in [1.82, 2.24) is 0 Å². The third-order valence-electron chi connectivity index (χ3n) is 2.55. The zero-order valence-electron chi connectivity index (χ0n) is 7.75. The lowest BCUT2D eigenvalue weighted by atomic mass is 9.84. The first kappa shape index (κ1) is 9.71. The van der Waals surface area contributed by atoms with Gasteiger partial charge in [0.15, 0.2) is 0 Å². The highest BCUT2D eigenvalue weighted by Gasteiger charge is 2.50. The molecule has 1 saturated heterocycles. The van der Waals surface area contributed by atoms with Gasteiger partial charge in [0.2, 0.25) is 0 Å². The van der Waals surface area contributed by atoms with Crippen LogP contribution in [-0.2, 0) is 9.53 Å². The van der Waals surface area contributed by atoms with E-state index >= 15 is 0 Å². The predicted molar refractivity (Wildman–Crippen MR) is 57.0 cm³/mol. The maximum Gasteiger partial charge on any atom is 0.309 e. The largest absolute Gasteiger partial charge is 0.466 e. The molecule has 74 valence electrons. The fourth-order valence-electron chi connectivity index (χ4n) is 1.85. The number of carbonyl (C=O) groups is 1. The zero-order chi connectivity index (χ0) is 9.31. The molecule has 2 aliphatic rings. The number of hydrogen-bond donors (Lipinski definition) is 0. The Morgan fingerprint density at radius 3 is 2.62 bits per heavy atom. The van der Waals surface area contributed by atoms with Gasteiger partial charge in [-0.3, -0.25) is 4.79 Å². The van der Waals surface area contributed by atoms with Crippen molar-refractivity contribution in [2.75, 3.05) is 18.1 Å². The molecular formula is C9H14O2S2. The summed E-state index contributed by atoms with van der Waals surface area (Å²) < 4.78 is 5.39. The summed E-state index contributed by atoms with van der Waals surface area (Å²) in [6, 6.07) is 0. The van der Waals surface area contributed by atoms with Crippen LogP contribution in [0.4, 0.5) is 0 Å². The van der Waals surface area contributed by atoms with Crippen molar-refractivity contribution < 1.29 is 9.53 Å². The molecule has 0 amide bonds. The molecule has 1 spiro atoms. The SMILES string of the molecule is CCOC(=O)C1CC2(C1)SCCS2. The van der Waals surface area contributed by atoms with Crippen LogP contribution >= 0.6 is 23.5 Å². The Balaban J connectivity index is 1.80. The van der Waals surface area contributed by atoms with E-state index in [9.17, 15) is 4.79 Å². The smallest absolute Gasteiger partial charge is 0.309 e. The van der Waals surface area contributed by atoms with Crippen molar-refractivity contribution in [3.63, 3.8) is 0 Å². The van der Waals surface area contributed by atoms with E-state index < -0.39 is 0 Å². The van der Waals surface area contributed by atoms with E-state index in [1.807, 2.05) is 30.4 Å². The van der Waals surface area contributed by atoms with E-state index in [-0.39, 0.29) is 11.9 Å². The third kappa shape index (κ3) is 1.84. The Labute approximate surface area is 87.2 Å². The van der Waals surface area contributed by atoms with Crippen molar-refractivity contribution in [2.24, 2.45) is 5.92 Å². The third-order valence-corrected chi connectivity index (χ3v) is 6.05. The molecular weight excluding hydrogens is 204 g/mol. The first-order valence-corrected chi connectivity index (χ1v) is 6.67. The van der Waals surface area contributed by atoms with Crippen LogP contribution in [0.2, 0.25) is 0 Å². The van der Waals surface area contributed by atoms with Crippen LogP contribution < -0.4 is 0 Å². The van der Waals surface area contributed by atoms with E-state index in [0.717, 1.165) is 12.8 Å². The molecule has 0 unspecified atom stereocenters. The molecule has 0 radical (unpaired) electrons. The first-order chi connectivity index (χ1) is 6.26. The van der Waals surface area contributed by atoms with E-state index in [2.05, 4.69) is 0 Å². The first-order valence-electron chi connectivity index (χ1n) is 4.70. The second kappa shape index (κ2) is 3.73. The highest BCUT2D eigenvalue weighted by atomic mass is 32.2. The Hall–Kier alpha value is 0.170. The van der Waals surface area contributed by atoms with E-state index in [0.29, 0.717) is 10.7 Å². The summed E-state index contributed by atoms with van der Waals surface area (Å²) in [5.74, 6) is 2.71. The summed E-state index contributed by atoms with van der Waals surface area (Å²) in [5.41, 5.74) is 0. The van der Waals surface area contributed by atoms with Gasteiger partial charge in [-0.05, 0) is 19.8 Å². The summed E-state index contributed by atoms with van der Waals surface area (Å²) in [6.45, 7) is 2.38. The average molecular weight is 218 g/mol. The number of hydrogen-bond acceptors (Lipinski definition) is 4. The van der Waals surface area contributed by atoms with Crippen LogP contribution in [0, 0.1) is 5.92 Å². The highest BCUT2D eigenvalue weighted by Crippen LogP contribution is 2.59. The van der Waals surface area contributed by atoms with Crippen LogP contribution in [0.25, 0.3) is 0 Å². The second-order valence-electron chi connectivity index (χ2n) is 3.46. The summed E-state index contributed by atoms with van der Waals surface area (Å²) in [4.78, 5) is 11.3. The molecule has 0 atom stereocenters. The highest BCUT2D eigenvalue weighted by molar-refractivity contribution is 8.21. The molecule has 2 rings (SSSR count). The van der Waals surface area contributed by atoms with Crippen LogP contribution in [-0.4, -0.2) is 28.2 Å². The summed E-state index contributed by atoms with van der Waals surface area (Å²) >= 11 is 4.05. The van der Waals surface area contributed by atoms with Gasteiger partial charge in [-0.2, -0.15) is 0 Å². The van der Waals surface area contributed by atoms with Crippen molar-refractivity contribution in [3.8, 4) is 0 Å². The molecule has 2 nitrogen and oxygen atoms in total. The van der Waals surface area contributed by atoms with Gasteiger partial charge in [-0.15, -0.1) is 23.5 Å². The van der Waals surface area contributed by atoms with Crippen LogP contribution in [0.3, 0.4) is 0 Å². The molecule has 0 N–H and O–H groups in total. The average Bonchev–Trinajstić information content (AvgIpc) is 2.49. The minimum absolute atomic E-state index is 0.0150. The Bertz CT molecular complexity index is 204. The Morgan fingerprint density at radius 1 is 1.46 bits per heavy atom. The quantitative estimate of drug-likeness (QED) is 0.663. The molecule has 1 aliphatic carbocycles. The minimum Gasteiger partial charge on any atom is -0.466 e. The van der Waals surface area contributed by atoms with Crippen molar-refractivity contribution in [3.05, 3.63) is 0 Å². The van der Waals surface area contributed by atoms with Gasteiger partial charge in [-0.25, -0.2) is 0 Å². The number of ether oxygens (including phenoxy) is 1. The Kier molecular flexibility index (Phi) is 2.79. The standard InChI is InChI=1S/C9H14O2S2/c1-2-11-8(10)7-5-9(6-7)12-3-4-13-9/h7H,2-6H2,1H3. The molecule has 1 saturated carbocycles. The fourth-order valence-corrected chi connectivity index (χ4v) is 5.37. The zero-order valence-corrected chi connectivity index (χ0v) is 9.38. The second-order valence-corrected chi connectivity index (χ2v) is 6.68. The topological polar surface area (TPSA) is 26.3 Å². The lowest BCUT2D eigenvalue weighted by Gasteiger charge is -2.41. The molecule has 0 aromatic rings. The summed E-state index contributed by atoms with van der Waals surface area (Å²) in [5, 5.41) is 0. The lowest BCUT2D eigenvalue weighted by Crippen LogP contribution is -2.41. The van der Waals surface area contributed by atoms with Gasteiger partial charge in [0, 0.05) is 11.5 Å². The monoisotopic (exact) mass is 218 g/mol. The minimum atomic E-state index is 0.0150. The molecule has 0 aromatic carbocycles. The molecule has 1 aliphatic heterocycles. The lowest BCUT2D eigenvalue weighted by molar-refractivity contribution is -0.150. The number of carbonyl (C=O) groups excluding carboxylic acids is 1. The van der Waals surface area contributed by atoms with Crippen molar-refractivity contribution in [2.45, 2.75) is 23.8 Å². The van der Waals surface area contributed by atoms with E-state index in [1.54, 1.807) is 0 Å². The van der Waals surface area contributed by atoms with Crippen molar-refractivity contribution >= 4 is 29.5 Å². The number of rotatable bonds is 2.